The first-order valence-corrected chi connectivity index (χ1v) is 6.71. The zero-order chi connectivity index (χ0) is 14.0. The highest BCUT2D eigenvalue weighted by Crippen LogP contribution is 2.24. The van der Waals surface area contributed by atoms with E-state index in [1.807, 2.05) is 19.9 Å². The predicted octanol–water partition coefficient (Wildman–Crippen LogP) is 3.59. The van der Waals surface area contributed by atoms with Gasteiger partial charge in [0.1, 0.15) is 0 Å². The summed E-state index contributed by atoms with van der Waals surface area (Å²) >= 11 is 1.59. The number of aryl methyl sites for hydroxylation is 2. The Balaban J connectivity index is 2.16. The summed E-state index contributed by atoms with van der Waals surface area (Å²) in [6.07, 6.45) is 0. The molecule has 2 rings (SSSR count). The molecule has 6 heteroatoms. The molecule has 19 heavy (non-hydrogen) atoms. The highest BCUT2D eigenvalue weighted by Gasteiger charge is 2.13. The van der Waals surface area contributed by atoms with Crippen molar-refractivity contribution in [2.45, 2.75) is 27.3 Å². The number of benzene rings is 1. The molecule has 0 spiro atoms. The maximum Gasteiger partial charge on any atom is 0.272 e. The first-order valence-electron chi connectivity index (χ1n) is 5.90. The Kier molecular flexibility index (Phi) is 3.80. The Bertz CT molecular complexity index is 603. The summed E-state index contributed by atoms with van der Waals surface area (Å²) in [4.78, 5) is 16.1. The highest BCUT2D eigenvalue weighted by atomic mass is 32.1. The molecule has 1 aromatic carbocycles. The molecule has 0 aliphatic rings. The molecule has 5 nitrogen and oxygen atoms in total. The van der Waals surface area contributed by atoms with E-state index in [2.05, 4.69) is 10.3 Å². The van der Waals surface area contributed by atoms with Crippen LogP contribution in [0.4, 0.5) is 10.8 Å². The van der Waals surface area contributed by atoms with Crippen LogP contribution in [-0.4, -0.2) is 9.91 Å². The summed E-state index contributed by atoms with van der Waals surface area (Å²) < 4.78 is 0. The van der Waals surface area contributed by atoms with Gasteiger partial charge in [-0.25, -0.2) is 4.98 Å². The van der Waals surface area contributed by atoms with Gasteiger partial charge in [0.15, 0.2) is 5.13 Å². The largest absolute Gasteiger partial charge is 0.357 e. The van der Waals surface area contributed by atoms with E-state index < -0.39 is 0 Å². The van der Waals surface area contributed by atoms with Crippen LogP contribution in [0.2, 0.25) is 0 Å². The number of anilines is 1. The maximum atomic E-state index is 10.9. The average Bonchev–Trinajstić information content (AvgIpc) is 2.67. The van der Waals surface area contributed by atoms with Crippen molar-refractivity contribution >= 4 is 22.2 Å². The number of nitrogens with one attached hydrogen (secondary N) is 1. The Hall–Kier alpha value is -1.95. The topological polar surface area (TPSA) is 68.1 Å². The third-order valence-corrected chi connectivity index (χ3v) is 4.10. The van der Waals surface area contributed by atoms with Crippen molar-refractivity contribution in [1.82, 2.24) is 4.98 Å². The Morgan fingerprint density at radius 3 is 2.68 bits per heavy atom. The van der Waals surface area contributed by atoms with Gasteiger partial charge in [-0.05, 0) is 26.3 Å². The first kappa shape index (κ1) is 13.5. The molecular formula is C13H15N3O2S. The molecule has 0 amide bonds. The van der Waals surface area contributed by atoms with E-state index in [1.165, 1.54) is 10.9 Å². The van der Waals surface area contributed by atoms with Gasteiger partial charge >= 0.3 is 0 Å². The van der Waals surface area contributed by atoms with Gasteiger partial charge in [-0.15, -0.1) is 11.3 Å². The Morgan fingerprint density at radius 1 is 1.37 bits per heavy atom. The molecule has 1 N–H and O–H groups in total. The van der Waals surface area contributed by atoms with Gasteiger partial charge in [-0.3, -0.25) is 10.1 Å². The average molecular weight is 277 g/mol. The fourth-order valence-corrected chi connectivity index (χ4v) is 2.59. The van der Waals surface area contributed by atoms with Gasteiger partial charge in [0.05, 0.1) is 10.6 Å². The Labute approximate surface area is 115 Å². The summed E-state index contributed by atoms with van der Waals surface area (Å²) in [5.74, 6) is 0. The second-order valence-electron chi connectivity index (χ2n) is 4.33. The van der Waals surface area contributed by atoms with E-state index in [4.69, 9.17) is 0 Å². The first-order chi connectivity index (χ1) is 8.99. The fraction of sp³-hybridized carbons (Fsp3) is 0.308. The summed E-state index contributed by atoms with van der Waals surface area (Å²) in [5, 5.41) is 14.9. The number of rotatable bonds is 4. The Morgan fingerprint density at radius 2 is 2.11 bits per heavy atom. The van der Waals surface area contributed by atoms with Crippen molar-refractivity contribution in [3.05, 3.63) is 50.0 Å². The smallest absolute Gasteiger partial charge is 0.272 e. The van der Waals surface area contributed by atoms with E-state index in [-0.39, 0.29) is 10.6 Å². The quantitative estimate of drug-likeness (QED) is 0.685. The van der Waals surface area contributed by atoms with Crippen LogP contribution >= 0.6 is 11.3 Å². The zero-order valence-electron chi connectivity index (χ0n) is 11.1. The van der Waals surface area contributed by atoms with E-state index in [0.717, 1.165) is 16.4 Å². The van der Waals surface area contributed by atoms with E-state index in [1.54, 1.807) is 24.3 Å². The monoisotopic (exact) mass is 277 g/mol. The molecule has 0 saturated carbocycles. The fourth-order valence-electron chi connectivity index (χ4n) is 1.78. The summed E-state index contributed by atoms with van der Waals surface area (Å²) in [6.45, 7) is 6.31. The number of nitro benzene ring substituents is 1. The van der Waals surface area contributed by atoms with Crippen molar-refractivity contribution in [2.24, 2.45) is 0 Å². The minimum Gasteiger partial charge on any atom is -0.357 e. The van der Waals surface area contributed by atoms with Gasteiger partial charge in [0.25, 0.3) is 5.69 Å². The van der Waals surface area contributed by atoms with Crippen molar-refractivity contribution in [3.63, 3.8) is 0 Å². The number of nitrogens with zero attached hydrogens (tertiary/aromatic N) is 2. The standard InChI is InChI=1S/C13H15N3O2S/c1-8-11(5-4-6-12(8)16(17)18)7-14-13-15-9(2)10(3)19-13/h4-6H,7H2,1-3H3,(H,14,15). The molecule has 2 aromatic rings. The molecule has 1 aromatic heterocycles. The van der Waals surface area contributed by atoms with E-state index in [9.17, 15) is 10.1 Å². The summed E-state index contributed by atoms with van der Waals surface area (Å²) in [7, 11) is 0. The van der Waals surface area contributed by atoms with Gasteiger partial charge in [-0.2, -0.15) is 0 Å². The van der Waals surface area contributed by atoms with Crippen LogP contribution in [0.3, 0.4) is 0 Å². The lowest BCUT2D eigenvalue weighted by Gasteiger charge is -2.06. The molecule has 0 aliphatic heterocycles. The van der Waals surface area contributed by atoms with Gasteiger partial charge < -0.3 is 5.32 Å². The van der Waals surface area contributed by atoms with Crippen molar-refractivity contribution in [3.8, 4) is 0 Å². The number of hydrogen-bond donors (Lipinski definition) is 1. The van der Waals surface area contributed by atoms with E-state index in [0.29, 0.717) is 12.1 Å². The minimum atomic E-state index is -0.351. The zero-order valence-corrected chi connectivity index (χ0v) is 11.9. The molecule has 100 valence electrons. The highest BCUT2D eigenvalue weighted by molar-refractivity contribution is 7.15. The molecule has 0 bridgehead atoms. The molecule has 0 radical (unpaired) electrons. The molecular weight excluding hydrogens is 262 g/mol. The number of thiazole rings is 1. The van der Waals surface area contributed by atoms with Crippen LogP contribution in [0.1, 0.15) is 21.7 Å². The maximum absolute atomic E-state index is 10.9. The normalized spacial score (nSPS) is 10.5. The SMILES string of the molecule is Cc1nc(NCc2cccc([N+](=O)[O-])c2C)sc1C. The molecule has 0 fully saturated rings. The van der Waals surface area contributed by atoms with Crippen molar-refractivity contribution < 1.29 is 4.92 Å². The van der Waals surface area contributed by atoms with Crippen LogP contribution in [0, 0.1) is 30.9 Å². The van der Waals surface area contributed by atoms with Gasteiger partial charge in [-0.1, -0.05) is 12.1 Å². The second kappa shape index (κ2) is 5.36. The van der Waals surface area contributed by atoms with E-state index >= 15 is 0 Å². The van der Waals surface area contributed by atoms with Crippen molar-refractivity contribution in [2.75, 3.05) is 5.32 Å². The lowest BCUT2D eigenvalue weighted by Crippen LogP contribution is -2.03. The number of nitro groups is 1. The molecule has 1 heterocycles. The van der Waals surface area contributed by atoms with Gasteiger partial charge in [0, 0.05) is 23.1 Å². The number of hydrogen-bond acceptors (Lipinski definition) is 5. The second-order valence-corrected chi connectivity index (χ2v) is 5.54. The predicted molar refractivity (Wildman–Crippen MR) is 76.7 cm³/mol. The summed E-state index contributed by atoms with van der Waals surface area (Å²) in [5.41, 5.74) is 2.79. The molecule has 0 atom stereocenters. The third-order valence-electron chi connectivity index (χ3n) is 3.07. The van der Waals surface area contributed by atoms with Gasteiger partial charge in [0.2, 0.25) is 0 Å². The van der Waals surface area contributed by atoms with Crippen LogP contribution in [0.25, 0.3) is 0 Å². The van der Waals surface area contributed by atoms with Crippen LogP contribution < -0.4 is 5.32 Å². The lowest BCUT2D eigenvalue weighted by molar-refractivity contribution is -0.385. The lowest BCUT2D eigenvalue weighted by atomic mass is 10.1. The minimum absolute atomic E-state index is 0.158. The summed E-state index contributed by atoms with van der Waals surface area (Å²) in [6, 6.07) is 5.12. The van der Waals surface area contributed by atoms with Crippen molar-refractivity contribution in [1.29, 1.82) is 0 Å². The number of aromatic nitrogens is 1. The van der Waals surface area contributed by atoms with Crippen LogP contribution in [0.15, 0.2) is 18.2 Å². The van der Waals surface area contributed by atoms with Crippen LogP contribution in [0.5, 0.6) is 0 Å². The molecule has 0 aliphatic carbocycles. The van der Waals surface area contributed by atoms with Crippen LogP contribution in [-0.2, 0) is 6.54 Å². The third kappa shape index (κ3) is 2.90. The molecule has 0 unspecified atom stereocenters. The molecule has 0 saturated heterocycles.